The number of hydrogen-bond donors (Lipinski definition) is 3. The van der Waals surface area contributed by atoms with E-state index in [4.69, 9.17) is 15.3 Å². The Morgan fingerprint density at radius 2 is 2.46 bits per heavy atom. The summed E-state index contributed by atoms with van der Waals surface area (Å²) < 4.78 is 4.97. The minimum absolute atomic E-state index is 0. The van der Waals surface area contributed by atoms with E-state index in [9.17, 15) is 4.79 Å². The van der Waals surface area contributed by atoms with E-state index < -0.39 is 5.97 Å². The van der Waals surface area contributed by atoms with E-state index in [1.165, 1.54) is 0 Å². The second-order valence-electron chi connectivity index (χ2n) is 2.68. The van der Waals surface area contributed by atoms with E-state index in [0.29, 0.717) is 5.84 Å². The number of carboxylic acids is 1. The van der Waals surface area contributed by atoms with Crippen LogP contribution in [0.2, 0.25) is 0 Å². The highest BCUT2D eigenvalue weighted by atomic mass is 35.5. The molecule has 0 bridgehead atoms. The minimum atomic E-state index is -0.992. The van der Waals surface area contributed by atoms with Gasteiger partial charge in [-0.05, 0) is 12.8 Å². The minimum Gasteiger partial charge on any atom is -0.480 e. The SMILES string of the molecule is Cl.N=C1NCCCC1OCC(=O)O. The lowest BCUT2D eigenvalue weighted by molar-refractivity contribution is -0.143. The molecule has 0 aromatic rings. The first-order valence-corrected chi connectivity index (χ1v) is 3.86. The fraction of sp³-hybridized carbons (Fsp3) is 0.714. The number of rotatable bonds is 3. The Hall–Kier alpha value is -0.810. The van der Waals surface area contributed by atoms with Crippen molar-refractivity contribution in [3.63, 3.8) is 0 Å². The Balaban J connectivity index is 0.00000144. The molecule has 0 radical (unpaired) electrons. The summed E-state index contributed by atoms with van der Waals surface area (Å²) in [6.45, 7) is 0.459. The number of halogens is 1. The van der Waals surface area contributed by atoms with Crippen molar-refractivity contribution < 1.29 is 14.6 Å². The lowest BCUT2D eigenvalue weighted by atomic mass is 10.1. The molecule has 13 heavy (non-hydrogen) atoms. The molecule has 1 heterocycles. The van der Waals surface area contributed by atoms with Crippen molar-refractivity contribution in [1.82, 2.24) is 5.32 Å². The van der Waals surface area contributed by atoms with Gasteiger partial charge in [-0.2, -0.15) is 0 Å². The van der Waals surface area contributed by atoms with Crippen LogP contribution in [0.3, 0.4) is 0 Å². The van der Waals surface area contributed by atoms with Crippen LogP contribution in [0.4, 0.5) is 0 Å². The van der Waals surface area contributed by atoms with Gasteiger partial charge in [0.1, 0.15) is 18.5 Å². The molecule has 0 aromatic heterocycles. The number of amidine groups is 1. The monoisotopic (exact) mass is 208 g/mol. The second-order valence-corrected chi connectivity index (χ2v) is 2.68. The highest BCUT2D eigenvalue weighted by Crippen LogP contribution is 2.06. The molecule has 0 aromatic carbocycles. The Morgan fingerprint density at radius 3 is 3.00 bits per heavy atom. The average molecular weight is 209 g/mol. The lowest BCUT2D eigenvalue weighted by Gasteiger charge is -2.23. The lowest BCUT2D eigenvalue weighted by Crippen LogP contribution is -2.41. The third-order valence-electron chi connectivity index (χ3n) is 1.69. The van der Waals surface area contributed by atoms with E-state index in [1.807, 2.05) is 0 Å². The molecule has 1 fully saturated rings. The van der Waals surface area contributed by atoms with Gasteiger partial charge >= 0.3 is 5.97 Å². The Morgan fingerprint density at radius 1 is 1.77 bits per heavy atom. The maximum atomic E-state index is 10.1. The zero-order valence-electron chi connectivity index (χ0n) is 7.08. The average Bonchev–Trinajstić information content (AvgIpc) is 2.03. The number of carboxylic acid groups (broad SMARTS) is 1. The van der Waals surface area contributed by atoms with E-state index in [2.05, 4.69) is 5.32 Å². The first-order chi connectivity index (χ1) is 5.70. The van der Waals surface area contributed by atoms with Gasteiger partial charge < -0.3 is 15.2 Å². The maximum Gasteiger partial charge on any atom is 0.329 e. The molecule has 6 heteroatoms. The second kappa shape index (κ2) is 5.77. The zero-order chi connectivity index (χ0) is 8.97. The van der Waals surface area contributed by atoms with Gasteiger partial charge in [-0.3, -0.25) is 5.41 Å². The van der Waals surface area contributed by atoms with E-state index in [-0.39, 0.29) is 25.1 Å². The molecule has 1 atom stereocenters. The molecule has 1 aliphatic heterocycles. The molecule has 0 spiro atoms. The van der Waals surface area contributed by atoms with Crippen molar-refractivity contribution in [2.45, 2.75) is 18.9 Å². The molecule has 0 amide bonds. The van der Waals surface area contributed by atoms with Gasteiger partial charge in [0, 0.05) is 6.54 Å². The Kier molecular flexibility index (Phi) is 5.41. The number of carbonyl (C=O) groups is 1. The molecule has 1 unspecified atom stereocenters. The summed E-state index contributed by atoms with van der Waals surface area (Å²) in [5.74, 6) is -0.698. The van der Waals surface area contributed by atoms with Crippen molar-refractivity contribution in [2.75, 3.05) is 13.2 Å². The zero-order valence-corrected chi connectivity index (χ0v) is 7.89. The molecular weight excluding hydrogens is 196 g/mol. The third kappa shape index (κ3) is 4.10. The maximum absolute atomic E-state index is 10.1. The van der Waals surface area contributed by atoms with Gasteiger partial charge in [0.25, 0.3) is 0 Å². The van der Waals surface area contributed by atoms with Crippen LogP contribution in [0.25, 0.3) is 0 Å². The summed E-state index contributed by atoms with van der Waals surface area (Å²) in [6, 6.07) is 0. The molecule has 1 aliphatic rings. The molecule has 1 rings (SSSR count). The number of ether oxygens (including phenoxy) is 1. The molecule has 76 valence electrons. The molecule has 1 saturated heterocycles. The van der Waals surface area contributed by atoms with E-state index >= 15 is 0 Å². The first-order valence-electron chi connectivity index (χ1n) is 3.86. The predicted octanol–water partition coefficient (Wildman–Crippen LogP) is 0.239. The van der Waals surface area contributed by atoms with Crippen LogP contribution in [-0.4, -0.2) is 36.2 Å². The van der Waals surface area contributed by atoms with Crippen LogP contribution in [0, 0.1) is 5.41 Å². The van der Waals surface area contributed by atoms with Gasteiger partial charge in [-0.15, -0.1) is 12.4 Å². The van der Waals surface area contributed by atoms with Crippen molar-refractivity contribution in [2.24, 2.45) is 0 Å². The Bertz CT molecular complexity index is 198. The van der Waals surface area contributed by atoms with Crippen LogP contribution in [0.1, 0.15) is 12.8 Å². The van der Waals surface area contributed by atoms with Gasteiger partial charge in [0.2, 0.25) is 0 Å². The number of aliphatic carboxylic acids is 1. The van der Waals surface area contributed by atoms with Crippen molar-refractivity contribution >= 4 is 24.2 Å². The summed E-state index contributed by atoms with van der Waals surface area (Å²) in [6.07, 6.45) is 1.31. The van der Waals surface area contributed by atoms with Crippen molar-refractivity contribution in [1.29, 1.82) is 5.41 Å². The summed E-state index contributed by atoms with van der Waals surface area (Å²) in [4.78, 5) is 10.1. The fourth-order valence-corrected chi connectivity index (χ4v) is 1.11. The van der Waals surface area contributed by atoms with Crippen LogP contribution >= 0.6 is 12.4 Å². The summed E-state index contributed by atoms with van der Waals surface area (Å²) in [5, 5.41) is 18.5. The van der Waals surface area contributed by atoms with Crippen molar-refractivity contribution in [3.05, 3.63) is 0 Å². The van der Waals surface area contributed by atoms with Crippen LogP contribution in [0.15, 0.2) is 0 Å². The smallest absolute Gasteiger partial charge is 0.329 e. The fourth-order valence-electron chi connectivity index (χ4n) is 1.11. The molecule has 0 saturated carbocycles. The van der Waals surface area contributed by atoms with Crippen LogP contribution in [-0.2, 0) is 9.53 Å². The van der Waals surface area contributed by atoms with Gasteiger partial charge in [0.15, 0.2) is 0 Å². The van der Waals surface area contributed by atoms with Crippen molar-refractivity contribution in [3.8, 4) is 0 Å². The van der Waals surface area contributed by atoms with Crippen LogP contribution in [0.5, 0.6) is 0 Å². The molecule has 0 aliphatic carbocycles. The summed E-state index contributed by atoms with van der Waals surface area (Å²) >= 11 is 0. The highest BCUT2D eigenvalue weighted by Gasteiger charge is 2.19. The molecule has 5 nitrogen and oxygen atoms in total. The quantitative estimate of drug-likeness (QED) is 0.621. The standard InChI is InChI=1S/C7H12N2O3.ClH/c8-7-5(2-1-3-9-7)12-4-6(10)11;/h5H,1-4H2,(H2,8,9)(H,10,11);1H. The molecular formula is C7H13ClN2O3. The van der Waals surface area contributed by atoms with Crippen LogP contribution < -0.4 is 5.32 Å². The third-order valence-corrected chi connectivity index (χ3v) is 1.69. The van der Waals surface area contributed by atoms with E-state index in [0.717, 1.165) is 19.4 Å². The normalized spacial score (nSPS) is 21.5. The Labute approximate surface area is 82.4 Å². The van der Waals surface area contributed by atoms with Gasteiger partial charge in [-0.1, -0.05) is 0 Å². The predicted molar refractivity (Wildman–Crippen MR) is 49.6 cm³/mol. The highest BCUT2D eigenvalue weighted by molar-refractivity contribution is 5.85. The number of hydrogen-bond acceptors (Lipinski definition) is 3. The number of piperidine rings is 1. The van der Waals surface area contributed by atoms with E-state index in [1.54, 1.807) is 0 Å². The van der Waals surface area contributed by atoms with Gasteiger partial charge in [-0.25, -0.2) is 4.79 Å². The molecule has 3 N–H and O–H groups in total. The number of nitrogens with one attached hydrogen (secondary N) is 2. The first kappa shape index (κ1) is 12.2. The largest absolute Gasteiger partial charge is 0.480 e. The summed E-state index contributed by atoms with van der Waals surface area (Å²) in [7, 11) is 0. The topological polar surface area (TPSA) is 82.4 Å². The van der Waals surface area contributed by atoms with Gasteiger partial charge in [0.05, 0.1) is 0 Å². The summed E-state index contributed by atoms with van der Waals surface area (Å²) in [5.41, 5.74) is 0.